The van der Waals surface area contributed by atoms with Gasteiger partial charge in [-0.1, -0.05) is 19.1 Å². The molecule has 2 N–H and O–H groups in total. The number of carbonyl (C=O) groups is 1. The summed E-state index contributed by atoms with van der Waals surface area (Å²) in [5, 5.41) is 2.78. The van der Waals surface area contributed by atoms with E-state index < -0.39 is 10.0 Å². The molecular weight excluding hydrogens is 404 g/mol. The molecule has 1 amide bonds. The second-order valence-corrected chi connectivity index (χ2v) is 8.41. The number of hydrogen-bond donors (Lipinski definition) is 2. The van der Waals surface area contributed by atoms with E-state index in [2.05, 4.69) is 10.0 Å². The number of methoxy groups -OCH3 is 1. The van der Waals surface area contributed by atoms with Crippen LogP contribution in [-0.4, -0.2) is 33.8 Å². The quantitative estimate of drug-likeness (QED) is 0.549. The summed E-state index contributed by atoms with van der Waals surface area (Å²) in [5.74, 6) is 0.929. The number of ether oxygens (including phenoxy) is 2. The third kappa shape index (κ3) is 6.52. The number of benzene rings is 2. The maximum Gasteiger partial charge on any atom is 0.248 e. The zero-order valence-electron chi connectivity index (χ0n) is 17.7. The van der Waals surface area contributed by atoms with Crippen molar-refractivity contribution >= 4 is 33.4 Å². The van der Waals surface area contributed by atoms with Crippen molar-refractivity contribution in [2.24, 2.45) is 0 Å². The Hall–Kier alpha value is -3.00. The second-order valence-electron chi connectivity index (χ2n) is 6.56. The number of nitrogens with one attached hydrogen (secondary N) is 2. The number of rotatable bonds is 10. The molecule has 2 aromatic rings. The standard InChI is InChI=1S/C22H28N2O5S/c1-5-14-30(26,27)24-19-9-7-8-18(16(19)3)23-22(25)13-11-17-10-12-20(29-6-2)21(15-17)28-4/h7-13,15,24H,5-6,14H2,1-4H3,(H,23,25)/b13-11+. The van der Waals surface area contributed by atoms with Gasteiger partial charge in [-0.2, -0.15) is 0 Å². The van der Waals surface area contributed by atoms with Crippen molar-refractivity contribution in [2.75, 3.05) is 29.5 Å². The van der Waals surface area contributed by atoms with Gasteiger partial charge in [0.25, 0.3) is 0 Å². The fourth-order valence-corrected chi connectivity index (χ4v) is 3.97. The first kappa shape index (κ1) is 23.3. The summed E-state index contributed by atoms with van der Waals surface area (Å²) in [5.41, 5.74) is 2.40. The lowest BCUT2D eigenvalue weighted by Crippen LogP contribution is -2.17. The molecule has 0 heterocycles. The van der Waals surface area contributed by atoms with Crippen molar-refractivity contribution in [1.82, 2.24) is 0 Å². The number of hydrogen-bond acceptors (Lipinski definition) is 5. The zero-order valence-corrected chi connectivity index (χ0v) is 18.5. The number of carbonyl (C=O) groups excluding carboxylic acids is 1. The first-order valence-electron chi connectivity index (χ1n) is 9.69. The molecule has 0 aliphatic heterocycles. The van der Waals surface area contributed by atoms with Crippen LogP contribution in [0.2, 0.25) is 0 Å². The molecule has 30 heavy (non-hydrogen) atoms. The Kier molecular flexibility index (Phi) is 8.29. The minimum atomic E-state index is -3.41. The summed E-state index contributed by atoms with van der Waals surface area (Å²) in [6.07, 6.45) is 3.59. The normalized spacial score (nSPS) is 11.3. The molecule has 0 aliphatic rings. The molecule has 162 valence electrons. The van der Waals surface area contributed by atoms with Gasteiger partial charge in [0.2, 0.25) is 15.9 Å². The summed E-state index contributed by atoms with van der Waals surface area (Å²) >= 11 is 0. The SMILES string of the molecule is CCCS(=O)(=O)Nc1cccc(NC(=O)/C=C/c2ccc(OCC)c(OC)c2)c1C. The highest BCUT2D eigenvalue weighted by Crippen LogP contribution is 2.28. The lowest BCUT2D eigenvalue weighted by molar-refractivity contribution is -0.111. The Labute approximate surface area is 178 Å². The largest absolute Gasteiger partial charge is 0.493 e. The third-order valence-electron chi connectivity index (χ3n) is 4.24. The minimum absolute atomic E-state index is 0.0390. The number of amides is 1. The summed E-state index contributed by atoms with van der Waals surface area (Å²) in [6.45, 7) is 5.97. The van der Waals surface area contributed by atoms with E-state index in [0.29, 0.717) is 41.5 Å². The fraction of sp³-hybridized carbons (Fsp3) is 0.318. The molecule has 2 rings (SSSR count). The topological polar surface area (TPSA) is 93.7 Å². The van der Waals surface area contributed by atoms with Crippen LogP contribution in [0.4, 0.5) is 11.4 Å². The van der Waals surface area contributed by atoms with Gasteiger partial charge in [0.15, 0.2) is 11.5 Å². The smallest absolute Gasteiger partial charge is 0.248 e. The van der Waals surface area contributed by atoms with Crippen molar-refractivity contribution in [1.29, 1.82) is 0 Å². The van der Waals surface area contributed by atoms with Crippen molar-refractivity contribution < 1.29 is 22.7 Å². The van der Waals surface area contributed by atoms with Crippen LogP contribution in [-0.2, 0) is 14.8 Å². The predicted octanol–water partition coefficient (Wildman–Crippen LogP) is 4.21. The van der Waals surface area contributed by atoms with Gasteiger partial charge >= 0.3 is 0 Å². The third-order valence-corrected chi connectivity index (χ3v) is 5.72. The average molecular weight is 433 g/mol. The summed E-state index contributed by atoms with van der Waals surface area (Å²) in [6, 6.07) is 10.5. The Morgan fingerprint density at radius 3 is 2.50 bits per heavy atom. The molecule has 0 saturated carbocycles. The maximum atomic E-state index is 12.4. The molecule has 0 fully saturated rings. The van der Waals surface area contributed by atoms with Crippen LogP contribution < -0.4 is 19.5 Å². The van der Waals surface area contributed by atoms with Gasteiger partial charge in [-0.25, -0.2) is 8.42 Å². The van der Waals surface area contributed by atoms with Crippen LogP contribution in [0.15, 0.2) is 42.5 Å². The molecule has 2 aromatic carbocycles. The van der Waals surface area contributed by atoms with Crippen LogP contribution in [0.25, 0.3) is 6.08 Å². The molecule has 0 saturated heterocycles. The van der Waals surface area contributed by atoms with E-state index >= 15 is 0 Å². The van der Waals surface area contributed by atoms with Gasteiger partial charge in [0, 0.05) is 11.8 Å². The summed E-state index contributed by atoms with van der Waals surface area (Å²) in [7, 11) is -1.85. The molecule has 0 radical (unpaired) electrons. The van der Waals surface area contributed by atoms with Crippen LogP contribution >= 0.6 is 0 Å². The van der Waals surface area contributed by atoms with Gasteiger partial charge in [-0.05, 0) is 61.7 Å². The molecule has 0 unspecified atom stereocenters. The fourth-order valence-electron chi connectivity index (χ4n) is 2.78. The van der Waals surface area contributed by atoms with Gasteiger partial charge in [-0.15, -0.1) is 0 Å². The average Bonchev–Trinajstić information content (AvgIpc) is 2.70. The van der Waals surface area contributed by atoms with Gasteiger partial charge in [-0.3, -0.25) is 9.52 Å². The van der Waals surface area contributed by atoms with E-state index in [-0.39, 0.29) is 11.7 Å². The molecule has 0 aliphatic carbocycles. The number of anilines is 2. The highest BCUT2D eigenvalue weighted by Gasteiger charge is 2.13. The highest BCUT2D eigenvalue weighted by atomic mass is 32.2. The predicted molar refractivity (Wildman–Crippen MR) is 121 cm³/mol. The van der Waals surface area contributed by atoms with Crippen LogP contribution in [0.3, 0.4) is 0 Å². The van der Waals surface area contributed by atoms with Gasteiger partial charge < -0.3 is 14.8 Å². The Morgan fingerprint density at radius 1 is 1.10 bits per heavy atom. The van der Waals surface area contributed by atoms with E-state index in [9.17, 15) is 13.2 Å². The van der Waals surface area contributed by atoms with E-state index in [1.54, 1.807) is 57.4 Å². The molecular formula is C22H28N2O5S. The van der Waals surface area contributed by atoms with E-state index in [1.165, 1.54) is 6.08 Å². The highest BCUT2D eigenvalue weighted by molar-refractivity contribution is 7.92. The molecule has 0 spiro atoms. The first-order valence-corrected chi connectivity index (χ1v) is 11.3. The molecule has 0 atom stereocenters. The number of sulfonamides is 1. The lowest BCUT2D eigenvalue weighted by Gasteiger charge is -2.13. The maximum absolute atomic E-state index is 12.4. The second kappa shape index (κ2) is 10.7. The molecule has 0 bridgehead atoms. The van der Waals surface area contributed by atoms with Crippen LogP contribution in [0, 0.1) is 6.92 Å². The van der Waals surface area contributed by atoms with Crippen LogP contribution in [0.1, 0.15) is 31.4 Å². The van der Waals surface area contributed by atoms with Gasteiger partial charge in [0.05, 0.1) is 25.2 Å². The Morgan fingerprint density at radius 2 is 1.83 bits per heavy atom. The van der Waals surface area contributed by atoms with Crippen molar-refractivity contribution in [3.05, 3.63) is 53.6 Å². The minimum Gasteiger partial charge on any atom is -0.493 e. The summed E-state index contributed by atoms with van der Waals surface area (Å²) in [4.78, 5) is 12.4. The van der Waals surface area contributed by atoms with Crippen molar-refractivity contribution in [3.8, 4) is 11.5 Å². The molecule has 8 heteroatoms. The van der Waals surface area contributed by atoms with E-state index in [1.807, 2.05) is 13.0 Å². The summed E-state index contributed by atoms with van der Waals surface area (Å²) < 4.78 is 37.4. The van der Waals surface area contributed by atoms with Crippen molar-refractivity contribution in [3.63, 3.8) is 0 Å². The Balaban J connectivity index is 2.12. The van der Waals surface area contributed by atoms with E-state index in [4.69, 9.17) is 9.47 Å². The van der Waals surface area contributed by atoms with E-state index in [0.717, 1.165) is 5.56 Å². The van der Waals surface area contributed by atoms with Crippen LogP contribution in [0.5, 0.6) is 11.5 Å². The lowest BCUT2D eigenvalue weighted by atomic mass is 10.1. The Bertz CT molecular complexity index is 1020. The first-order chi connectivity index (χ1) is 14.3. The molecule has 7 nitrogen and oxygen atoms in total. The van der Waals surface area contributed by atoms with Crippen molar-refractivity contribution in [2.45, 2.75) is 27.2 Å². The molecule has 0 aromatic heterocycles. The zero-order chi connectivity index (χ0) is 22.1. The van der Waals surface area contributed by atoms with Gasteiger partial charge in [0.1, 0.15) is 0 Å². The monoisotopic (exact) mass is 432 g/mol.